The first kappa shape index (κ1) is 13.5. The van der Waals surface area contributed by atoms with Gasteiger partial charge in [-0.1, -0.05) is 12.1 Å². The van der Waals surface area contributed by atoms with Crippen molar-refractivity contribution in [1.82, 2.24) is 20.2 Å². The summed E-state index contributed by atoms with van der Waals surface area (Å²) in [5.41, 5.74) is -0.374. The zero-order valence-electron chi connectivity index (χ0n) is 9.96. The molecule has 1 N–H and O–H groups in total. The number of benzene rings is 1. The molecule has 1 aromatic carbocycles. The standard InChI is InChI=1S/C11H11F3N4O/c1-18-16-10(15-17-18)6-9(19)7-2-4-8(5-3-7)11(12,13)14/h2-5,9,19H,6H2,1H3. The summed E-state index contributed by atoms with van der Waals surface area (Å²) in [6, 6.07) is 4.35. The van der Waals surface area contributed by atoms with Crippen molar-refractivity contribution in [3.05, 3.63) is 41.2 Å². The van der Waals surface area contributed by atoms with Crippen LogP contribution in [-0.2, 0) is 19.6 Å². The lowest BCUT2D eigenvalue weighted by Gasteiger charge is -2.11. The summed E-state index contributed by atoms with van der Waals surface area (Å²) in [7, 11) is 1.58. The first-order chi connectivity index (χ1) is 8.86. The number of tetrazole rings is 1. The molecule has 1 heterocycles. The lowest BCUT2D eigenvalue weighted by atomic mass is 10.0. The van der Waals surface area contributed by atoms with E-state index in [1.54, 1.807) is 7.05 Å². The molecule has 1 aromatic heterocycles. The Morgan fingerprint density at radius 3 is 2.37 bits per heavy atom. The second-order valence-corrected chi connectivity index (χ2v) is 4.03. The number of aromatic nitrogens is 4. The molecule has 0 amide bonds. The average molecular weight is 272 g/mol. The second-order valence-electron chi connectivity index (χ2n) is 4.03. The molecule has 0 bridgehead atoms. The van der Waals surface area contributed by atoms with Crippen LogP contribution in [0.1, 0.15) is 23.1 Å². The highest BCUT2D eigenvalue weighted by Gasteiger charge is 2.30. The Labute approximate surface area is 106 Å². The van der Waals surface area contributed by atoms with Crippen molar-refractivity contribution >= 4 is 0 Å². The Hall–Kier alpha value is -1.96. The molecule has 2 aromatic rings. The predicted octanol–water partition coefficient (Wildman–Crippen LogP) is 1.50. The molecule has 8 heteroatoms. The molecule has 1 atom stereocenters. The minimum absolute atomic E-state index is 0.0964. The van der Waals surface area contributed by atoms with Crippen LogP contribution in [0.25, 0.3) is 0 Å². The van der Waals surface area contributed by atoms with Crippen LogP contribution in [0.15, 0.2) is 24.3 Å². The monoisotopic (exact) mass is 272 g/mol. The van der Waals surface area contributed by atoms with Gasteiger partial charge in [0.15, 0.2) is 5.82 Å². The van der Waals surface area contributed by atoms with Crippen molar-refractivity contribution in [2.45, 2.75) is 18.7 Å². The van der Waals surface area contributed by atoms with Gasteiger partial charge in [0.05, 0.1) is 18.7 Å². The fourth-order valence-corrected chi connectivity index (χ4v) is 1.59. The van der Waals surface area contributed by atoms with E-state index in [4.69, 9.17) is 0 Å². The molecule has 5 nitrogen and oxygen atoms in total. The lowest BCUT2D eigenvalue weighted by Crippen LogP contribution is -2.07. The van der Waals surface area contributed by atoms with Gasteiger partial charge in [-0.2, -0.15) is 18.0 Å². The topological polar surface area (TPSA) is 63.8 Å². The zero-order chi connectivity index (χ0) is 14.0. The highest BCUT2D eigenvalue weighted by molar-refractivity contribution is 5.26. The molecule has 2 rings (SSSR count). The Balaban J connectivity index is 2.09. The van der Waals surface area contributed by atoms with Gasteiger partial charge in [-0.25, -0.2) is 0 Å². The molecule has 1 unspecified atom stereocenters. The minimum atomic E-state index is -4.38. The van der Waals surface area contributed by atoms with Gasteiger partial charge in [0.1, 0.15) is 0 Å². The third-order valence-corrected chi connectivity index (χ3v) is 2.55. The summed E-state index contributed by atoms with van der Waals surface area (Å²) < 4.78 is 37.1. The van der Waals surface area contributed by atoms with Crippen molar-refractivity contribution in [3.8, 4) is 0 Å². The van der Waals surface area contributed by atoms with Gasteiger partial charge in [-0.05, 0) is 22.9 Å². The van der Waals surface area contributed by atoms with E-state index >= 15 is 0 Å². The number of aryl methyl sites for hydroxylation is 1. The minimum Gasteiger partial charge on any atom is -0.388 e. The molecular weight excluding hydrogens is 261 g/mol. The third-order valence-electron chi connectivity index (χ3n) is 2.55. The smallest absolute Gasteiger partial charge is 0.388 e. The van der Waals surface area contributed by atoms with E-state index in [1.165, 1.54) is 16.9 Å². The van der Waals surface area contributed by atoms with Crippen LogP contribution in [0, 0.1) is 0 Å². The van der Waals surface area contributed by atoms with Gasteiger partial charge in [-0.15, -0.1) is 10.2 Å². The molecule has 0 saturated carbocycles. The average Bonchev–Trinajstić information content (AvgIpc) is 2.74. The number of halogens is 3. The summed E-state index contributed by atoms with van der Waals surface area (Å²) in [6.07, 6.45) is -5.25. The van der Waals surface area contributed by atoms with Crippen molar-refractivity contribution in [2.24, 2.45) is 7.05 Å². The zero-order valence-corrected chi connectivity index (χ0v) is 9.96. The first-order valence-electron chi connectivity index (χ1n) is 5.44. The second kappa shape index (κ2) is 4.96. The number of aliphatic hydroxyl groups is 1. The Bertz CT molecular complexity index is 550. The van der Waals surface area contributed by atoms with Gasteiger partial charge >= 0.3 is 6.18 Å². The van der Waals surface area contributed by atoms with Crippen LogP contribution >= 0.6 is 0 Å². The van der Waals surface area contributed by atoms with Crippen LogP contribution < -0.4 is 0 Å². The SMILES string of the molecule is Cn1nnc(CC(O)c2ccc(C(F)(F)F)cc2)n1. The molecule has 0 aliphatic carbocycles. The van der Waals surface area contributed by atoms with Crippen molar-refractivity contribution in [3.63, 3.8) is 0 Å². The Morgan fingerprint density at radius 1 is 1.26 bits per heavy atom. The van der Waals surface area contributed by atoms with Crippen LogP contribution in [0.5, 0.6) is 0 Å². The largest absolute Gasteiger partial charge is 0.416 e. The number of rotatable bonds is 3. The molecule has 0 saturated heterocycles. The highest BCUT2D eigenvalue weighted by atomic mass is 19.4. The van der Waals surface area contributed by atoms with Crippen LogP contribution in [0.4, 0.5) is 13.2 Å². The fraction of sp³-hybridized carbons (Fsp3) is 0.364. The van der Waals surface area contributed by atoms with E-state index < -0.39 is 17.8 Å². The van der Waals surface area contributed by atoms with Crippen LogP contribution in [-0.4, -0.2) is 25.3 Å². The molecule has 0 radical (unpaired) electrons. The fourth-order valence-electron chi connectivity index (χ4n) is 1.59. The van der Waals surface area contributed by atoms with Crippen molar-refractivity contribution in [1.29, 1.82) is 0 Å². The summed E-state index contributed by atoms with van der Waals surface area (Å²) in [5, 5.41) is 21.1. The van der Waals surface area contributed by atoms with Crippen molar-refractivity contribution < 1.29 is 18.3 Å². The molecule has 102 valence electrons. The number of aliphatic hydroxyl groups excluding tert-OH is 1. The molecule has 19 heavy (non-hydrogen) atoms. The number of hydrogen-bond acceptors (Lipinski definition) is 4. The number of nitrogens with zero attached hydrogens (tertiary/aromatic N) is 4. The van der Waals surface area contributed by atoms with Crippen LogP contribution in [0.3, 0.4) is 0 Å². The summed E-state index contributed by atoms with van der Waals surface area (Å²) in [4.78, 5) is 1.24. The molecule has 0 spiro atoms. The van der Waals surface area contributed by atoms with E-state index in [-0.39, 0.29) is 6.42 Å². The lowest BCUT2D eigenvalue weighted by molar-refractivity contribution is -0.137. The van der Waals surface area contributed by atoms with Gasteiger partial charge in [0, 0.05) is 6.42 Å². The normalized spacial score (nSPS) is 13.5. The van der Waals surface area contributed by atoms with E-state index in [0.717, 1.165) is 12.1 Å². The van der Waals surface area contributed by atoms with E-state index in [2.05, 4.69) is 15.4 Å². The van der Waals surface area contributed by atoms with Gasteiger partial charge in [0.2, 0.25) is 0 Å². The van der Waals surface area contributed by atoms with Crippen LogP contribution in [0.2, 0.25) is 0 Å². The summed E-state index contributed by atoms with van der Waals surface area (Å²) in [6.45, 7) is 0. The maximum atomic E-state index is 12.4. The first-order valence-corrected chi connectivity index (χ1v) is 5.44. The number of alkyl halides is 3. The van der Waals surface area contributed by atoms with E-state index in [9.17, 15) is 18.3 Å². The quantitative estimate of drug-likeness (QED) is 0.919. The molecular formula is C11H11F3N4O. The summed E-state index contributed by atoms with van der Waals surface area (Å²) >= 11 is 0. The molecule has 0 aliphatic heterocycles. The molecule has 0 fully saturated rings. The van der Waals surface area contributed by atoms with E-state index in [1.807, 2.05) is 0 Å². The highest BCUT2D eigenvalue weighted by Crippen LogP contribution is 2.30. The Morgan fingerprint density at radius 2 is 1.89 bits per heavy atom. The third kappa shape index (κ3) is 3.28. The maximum absolute atomic E-state index is 12.4. The maximum Gasteiger partial charge on any atom is 0.416 e. The van der Waals surface area contributed by atoms with Gasteiger partial charge < -0.3 is 5.11 Å². The summed E-state index contributed by atoms with van der Waals surface area (Å²) in [5.74, 6) is 0.329. The van der Waals surface area contributed by atoms with Gasteiger partial charge in [0.25, 0.3) is 0 Å². The Kier molecular flexibility index (Phi) is 3.52. The number of hydrogen-bond donors (Lipinski definition) is 1. The van der Waals surface area contributed by atoms with E-state index in [0.29, 0.717) is 11.4 Å². The van der Waals surface area contributed by atoms with Gasteiger partial charge in [-0.3, -0.25) is 0 Å². The predicted molar refractivity (Wildman–Crippen MR) is 58.9 cm³/mol. The van der Waals surface area contributed by atoms with Crippen molar-refractivity contribution in [2.75, 3.05) is 0 Å². The molecule has 0 aliphatic rings.